The first kappa shape index (κ1) is 14.4. The molecule has 2 atom stereocenters. The van der Waals surface area contributed by atoms with Crippen molar-refractivity contribution in [3.63, 3.8) is 0 Å². The lowest BCUT2D eigenvalue weighted by Gasteiger charge is -2.39. The van der Waals surface area contributed by atoms with Crippen LogP contribution in [-0.2, 0) is 11.3 Å². The zero-order chi connectivity index (χ0) is 13.9. The summed E-state index contributed by atoms with van der Waals surface area (Å²) in [5, 5.41) is 0. The standard InChI is InChI=1S/C16H25NO2/c1-16(2)8-7-14(17)15(10-16)19-13-6-4-5-12(9-13)11-18-3/h4-6,9,14-15H,7-8,10-11,17H2,1-3H3. The Morgan fingerprint density at radius 2 is 2.16 bits per heavy atom. The number of ether oxygens (including phenoxy) is 2. The molecule has 3 nitrogen and oxygen atoms in total. The monoisotopic (exact) mass is 263 g/mol. The molecule has 0 heterocycles. The summed E-state index contributed by atoms with van der Waals surface area (Å²) in [5.74, 6) is 0.896. The zero-order valence-corrected chi connectivity index (χ0v) is 12.2. The fourth-order valence-electron chi connectivity index (χ4n) is 2.72. The number of rotatable bonds is 4. The van der Waals surface area contributed by atoms with Crippen LogP contribution in [0.2, 0.25) is 0 Å². The van der Waals surface area contributed by atoms with Crippen LogP contribution in [0.4, 0.5) is 0 Å². The molecule has 2 rings (SSSR count). The van der Waals surface area contributed by atoms with E-state index in [4.69, 9.17) is 15.2 Å². The van der Waals surface area contributed by atoms with E-state index in [1.54, 1.807) is 7.11 Å². The predicted molar refractivity (Wildman–Crippen MR) is 77.2 cm³/mol. The van der Waals surface area contributed by atoms with E-state index in [1.165, 1.54) is 6.42 Å². The Kier molecular flexibility index (Phi) is 4.48. The highest BCUT2D eigenvalue weighted by atomic mass is 16.5. The van der Waals surface area contributed by atoms with Crippen molar-refractivity contribution in [2.45, 2.75) is 51.9 Å². The van der Waals surface area contributed by atoms with Crippen molar-refractivity contribution in [1.82, 2.24) is 0 Å². The molecule has 0 aromatic heterocycles. The minimum absolute atomic E-state index is 0.113. The Bertz CT molecular complexity index is 417. The topological polar surface area (TPSA) is 44.5 Å². The van der Waals surface area contributed by atoms with E-state index in [0.29, 0.717) is 12.0 Å². The summed E-state index contributed by atoms with van der Waals surface area (Å²) in [6.07, 6.45) is 3.34. The Morgan fingerprint density at radius 3 is 2.89 bits per heavy atom. The van der Waals surface area contributed by atoms with Crippen molar-refractivity contribution in [2.24, 2.45) is 11.1 Å². The van der Waals surface area contributed by atoms with Crippen molar-refractivity contribution < 1.29 is 9.47 Å². The number of benzene rings is 1. The summed E-state index contributed by atoms with van der Waals surface area (Å²) in [4.78, 5) is 0. The lowest BCUT2D eigenvalue weighted by atomic mass is 9.74. The molecule has 0 spiro atoms. The quantitative estimate of drug-likeness (QED) is 0.907. The van der Waals surface area contributed by atoms with E-state index < -0.39 is 0 Å². The molecule has 2 N–H and O–H groups in total. The van der Waals surface area contributed by atoms with Gasteiger partial charge in [0.15, 0.2) is 0 Å². The first-order chi connectivity index (χ1) is 9.00. The summed E-state index contributed by atoms with van der Waals surface area (Å²) in [5.41, 5.74) is 7.65. The highest BCUT2D eigenvalue weighted by Gasteiger charge is 2.34. The smallest absolute Gasteiger partial charge is 0.120 e. The molecule has 0 bridgehead atoms. The van der Waals surface area contributed by atoms with Gasteiger partial charge in [-0.15, -0.1) is 0 Å². The third kappa shape index (κ3) is 3.95. The molecule has 106 valence electrons. The molecule has 19 heavy (non-hydrogen) atoms. The molecular formula is C16H25NO2. The summed E-state index contributed by atoms with van der Waals surface area (Å²) < 4.78 is 11.3. The van der Waals surface area contributed by atoms with Crippen LogP contribution in [0.25, 0.3) is 0 Å². The molecule has 3 heteroatoms. The van der Waals surface area contributed by atoms with Gasteiger partial charge in [-0.1, -0.05) is 26.0 Å². The van der Waals surface area contributed by atoms with Gasteiger partial charge in [0.25, 0.3) is 0 Å². The maximum absolute atomic E-state index is 6.19. The maximum Gasteiger partial charge on any atom is 0.120 e. The molecule has 1 aliphatic rings. The normalized spacial score (nSPS) is 26.1. The van der Waals surface area contributed by atoms with Gasteiger partial charge >= 0.3 is 0 Å². The van der Waals surface area contributed by atoms with Crippen molar-refractivity contribution in [1.29, 1.82) is 0 Å². The van der Waals surface area contributed by atoms with E-state index in [9.17, 15) is 0 Å². The van der Waals surface area contributed by atoms with Crippen molar-refractivity contribution in [3.05, 3.63) is 29.8 Å². The molecule has 1 aromatic rings. The van der Waals surface area contributed by atoms with Gasteiger partial charge in [-0.3, -0.25) is 0 Å². The van der Waals surface area contributed by atoms with Gasteiger partial charge < -0.3 is 15.2 Å². The molecule has 1 aromatic carbocycles. The minimum Gasteiger partial charge on any atom is -0.489 e. The van der Waals surface area contributed by atoms with Crippen LogP contribution in [0, 0.1) is 5.41 Å². The first-order valence-corrected chi connectivity index (χ1v) is 7.00. The lowest BCUT2D eigenvalue weighted by Crippen LogP contribution is -2.46. The Balaban J connectivity index is 2.05. The van der Waals surface area contributed by atoms with Gasteiger partial charge in [0.05, 0.1) is 6.61 Å². The molecule has 0 amide bonds. The van der Waals surface area contributed by atoms with Gasteiger partial charge in [0.2, 0.25) is 0 Å². The van der Waals surface area contributed by atoms with Crippen LogP contribution in [0.3, 0.4) is 0 Å². The third-order valence-corrected chi connectivity index (χ3v) is 3.88. The molecule has 1 fully saturated rings. The van der Waals surface area contributed by atoms with Crippen LogP contribution < -0.4 is 10.5 Å². The molecule has 2 unspecified atom stereocenters. The van der Waals surface area contributed by atoms with Crippen molar-refractivity contribution in [2.75, 3.05) is 7.11 Å². The largest absolute Gasteiger partial charge is 0.489 e. The second kappa shape index (κ2) is 5.93. The summed E-state index contributed by atoms with van der Waals surface area (Å²) in [6, 6.07) is 8.22. The first-order valence-electron chi connectivity index (χ1n) is 7.00. The van der Waals surface area contributed by atoms with E-state index >= 15 is 0 Å². The van der Waals surface area contributed by atoms with Crippen molar-refractivity contribution >= 4 is 0 Å². The van der Waals surface area contributed by atoms with Gasteiger partial charge in [0.1, 0.15) is 11.9 Å². The van der Waals surface area contributed by atoms with E-state index in [0.717, 1.165) is 24.2 Å². The number of hydrogen-bond donors (Lipinski definition) is 1. The Morgan fingerprint density at radius 1 is 1.37 bits per heavy atom. The van der Waals surface area contributed by atoms with Crippen molar-refractivity contribution in [3.8, 4) is 5.75 Å². The lowest BCUT2D eigenvalue weighted by molar-refractivity contribution is 0.0667. The minimum atomic E-state index is 0.113. The van der Waals surface area contributed by atoms with Gasteiger partial charge in [-0.25, -0.2) is 0 Å². The number of methoxy groups -OCH3 is 1. The van der Waals surface area contributed by atoms with Crippen LogP contribution in [0.5, 0.6) is 5.75 Å². The molecule has 0 saturated heterocycles. The van der Waals surface area contributed by atoms with Crippen LogP contribution >= 0.6 is 0 Å². The molecule has 0 aliphatic heterocycles. The maximum atomic E-state index is 6.19. The van der Waals surface area contributed by atoms with Gasteiger partial charge in [0, 0.05) is 13.2 Å². The molecule has 0 radical (unpaired) electrons. The van der Waals surface area contributed by atoms with Crippen LogP contribution in [0.1, 0.15) is 38.7 Å². The van der Waals surface area contributed by atoms with E-state index in [-0.39, 0.29) is 12.1 Å². The number of hydrogen-bond acceptors (Lipinski definition) is 3. The van der Waals surface area contributed by atoms with E-state index in [2.05, 4.69) is 13.8 Å². The SMILES string of the molecule is COCc1cccc(OC2CC(C)(C)CCC2N)c1. The summed E-state index contributed by atoms with van der Waals surface area (Å²) in [6.45, 7) is 5.19. The summed E-state index contributed by atoms with van der Waals surface area (Å²) in [7, 11) is 1.70. The van der Waals surface area contributed by atoms with Crippen LogP contribution in [-0.4, -0.2) is 19.3 Å². The third-order valence-electron chi connectivity index (χ3n) is 3.88. The second-order valence-corrected chi connectivity index (χ2v) is 6.31. The Hall–Kier alpha value is -1.06. The molecule has 1 aliphatic carbocycles. The second-order valence-electron chi connectivity index (χ2n) is 6.31. The summed E-state index contributed by atoms with van der Waals surface area (Å²) >= 11 is 0. The number of nitrogens with two attached hydrogens (primary N) is 1. The van der Waals surface area contributed by atoms with Crippen LogP contribution in [0.15, 0.2) is 24.3 Å². The highest BCUT2D eigenvalue weighted by molar-refractivity contribution is 5.28. The van der Waals surface area contributed by atoms with Gasteiger partial charge in [-0.2, -0.15) is 0 Å². The fourth-order valence-corrected chi connectivity index (χ4v) is 2.72. The highest BCUT2D eigenvalue weighted by Crippen LogP contribution is 2.36. The zero-order valence-electron chi connectivity index (χ0n) is 12.2. The fraction of sp³-hybridized carbons (Fsp3) is 0.625. The molecule has 1 saturated carbocycles. The molecular weight excluding hydrogens is 238 g/mol. The van der Waals surface area contributed by atoms with E-state index in [1.807, 2.05) is 24.3 Å². The Labute approximate surface area is 116 Å². The predicted octanol–water partition coefficient (Wildman–Crippen LogP) is 3.12. The van der Waals surface area contributed by atoms with Gasteiger partial charge in [-0.05, 0) is 42.4 Å². The average Bonchev–Trinajstić information content (AvgIpc) is 2.35. The average molecular weight is 263 g/mol.